The Balaban J connectivity index is 2.19. The quantitative estimate of drug-likeness (QED) is 0.807. The van der Waals surface area contributed by atoms with Crippen LogP contribution in [0.1, 0.15) is 24.5 Å². The van der Waals surface area contributed by atoms with Gasteiger partial charge in [0.25, 0.3) is 0 Å². The molecule has 104 valence electrons. The van der Waals surface area contributed by atoms with Crippen molar-refractivity contribution in [3.05, 3.63) is 35.4 Å². The third-order valence-electron chi connectivity index (χ3n) is 3.14. The molecule has 1 atom stereocenters. The second-order valence-electron chi connectivity index (χ2n) is 5.02. The number of hydrogen-bond donors (Lipinski definition) is 0. The smallest absolute Gasteiger partial charge is 0.199 e. The van der Waals surface area contributed by atoms with Gasteiger partial charge in [0.1, 0.15) is 0 Å². The number of alkyl halides is 1. The van der Waals surface area contributed by atoms with Gasteiger partial charge in [0.15, 0.2) is 20.5 Å². The SMILES string of the molecule is Cc1ccccc1CS(=O)(=O)C1=NOC(C)(CCl)C1. The van der Waals surface area contributed by atoms with Gasteiger partial charge in [0.05, 0.1) is 11.6 Å². The molecule has 1 aliphatic rings. The van der Waals surface area contributed by atoms with Crippen LogP contribution in [0.4, 0.5) is 0 Å². The summed E-state index contributed by atoms with van der Waals surface area (Å²) < 4.78 is 24.6. The van der Waals surface area contributed by atoms with Gasteiger partial charge in [0, 0.05) is 6.42 Å². The fraction of sp³-hybridized carbons (Fsp3) is 0.462. The van der Waals surface area contributed by atoms with Crippen LogP contribution in [-0.2, 0) is 20.4 Å². The summed E-state index contributed by atoms with van der Waals surface area (Å²) >= 11 is 5.76. The van der Waals surface area contributed by atoms with E-state index in [1.807, 2.05) is 31.2 Å². The molecular formula is C13H16ClNO3S. The number of rotatable bonds is 3. The molecule has 6 heteroatoms. The number of sulfone groups is 1. The number of oxime groups is 1. The normalized spacial score (nSPS) is 23.0. The summed E-state index contributed by atoms with van der Waals surface area (Å²) in [5.41, 5.74) is 1.02. The lowest BCUT2D eigenvalue weighted by atomic mass is 10.1. The van der Waals surface area contributed by atoms with Crippen molar-refractivity contribution >= 4 is 26.5 Å². The molecule has 0 radical (unpaired) electrons. The molecule has 0 spiro atoms. The van der Waals surface area contributed by atoms with Crippen molar-refractivity contribution in [2.24, 2.45) is 5.16 Å². The van der Waals surface area contributed by atoms with Crippen LogP contribution in [0.3, 0.4) is 0 Å². The monoisotopic (exact) mass is 301 g/mol. The summed E-state index contributed by atoms with van der Waals surface area (Å²) in [6.07, 6.45) is 0.227. The lowest BCUT2D eigenvalue weighted by Gasteiger charge is -2.16. The molecule has 0 saturated heterocycles. The molecule has 0 amide bonds. The van der Waals surface area contributed by atoms with Crippen molar-refractivity contribution in [1.29, 1.82) is 0 Å². The van der Waals surface area contributed by atoms with Gasteiger partial charge in [0.2, 0.25) is 0 Å². The predicted octanol–water partition coefficient (Wildman–Crippen LogP) is 2.64. The summed E-state index contributed by atoms with van der Waals surface area (Å²) in [7, 11) is -3.45. The number of aryl methyl sites for hydroxylation is 1. The van der Waals surface area contributed by atoms with Crippen LogP contribution in [0.5, 0.6) is 0 Å². The average molecular weight is 302 g/mol. The van der Waals surface area contributed by atoms with E-state index < -0.39 is 15.4 Å². The summed E-state index contributed by atoms with van der Waals surface area (Å²) in [6, 6.07) is 7.41. The minimum Gasteiger partial charge on any atom is -0.387 e. The molecule has 1 heterocycles. The third-order valence-corrected chi connectivity index (χ3v) is 5.33. The highest BCUT2D eigenvalue weighted by Gasteiger charge is 2.39. The van der Waals surface area contributed by atoms with E-state index >= 15 is 0 Å². The van der Waals surface area contributed by atoms with E-state index in [0.29, 0.717) is 0 Å². The van der Waals surface area contributed by atoms with Crippen molar-refractivity contribution in [3.63, 3.8) is 0 Å². The minimum atomic E-state index is -3.45. The number of halogens is 1. The molecule has 2 rings (SSSR count). The predicted molar refractivity (Wildman–Crippen MR) is 76.1 cm³/mol. The lowest BCUT2D eigenvalue weighted by Crippen LogP contribution is -2.28. The lowest BCUT2D eigenvalue weighted by molar-refractivity contribution is 0.0152. The molecule has 0 aliphatic carbocycles. The zero-order chi connectivity index (χ0) is 14.1. The van der Waals surface area contributed by atoms with Crippen molar-refractivity contribution in [1.82, 2.24) is 0 Å². The highest BCUT2D eigenvalue weighted by atomic mass is 35.5. The zero-order valence-electron chi connectivity index (χ0n) is 10.9. The first kappa shape index (κ1) is 14.3. The second kappa shape index (κ2) is 5.13. The van der Waals surface area contributed by atoms with Crippen LogP contribution >= 0.6 is 11.6 Å². The maximum Gasteiger partial charge on any atom is 0.199 e. The van der Waals surface area contributed by atoms with E-state index in [4.69, 9.17) is 16.4 Å². The van der Waals surface area contributed by atoms with Gasteiger partial charge in [-0.2, -0.15) is 0 Å². The van der Waals surface area contributed by atoms with Crippen molar-refractivity contribution in [2.75, 3.05) is 5.88 Å². The average Bonchev–Trinajstić information content (AvgIpc) is 2.76. The first-order valence-electron chi connectivity index (χ1n) is 5.95. The van der Waals surface area contributed by atoms with Gasteiger partial charge in [-0.15, -0.1) is 11.6 Å². The molecule has 0 fully saturated rings. The summed E-state index contributed by atoms with van der Waals surface area (Å²) in [6.45, 7) is 3.64. The molecule has 0 aromatic heterocycles. The van der Waals surface area contributed by atoms with Crippen molar-refractivity contribution in [2.45, 2.75) is 31.6 Å². The maximum atomic E-state index is 12.3. The van der Waals surface area contributed by atoms with Gasteiger partial charge in [-0.3, -0.25) is 0 Å². The molecule has 0 saturated carbocycles. The van der Waals surface area contributed by atoms with E-state index in [0.717, 1.165) is 11.1 Å². The Morgan fingerprint density at radius 2 is 2.11 bits per heavy atom. The Morgan fingerprint density at radius 1 is 1.42 bits per heavy atom. The highest BCUT2D eigenvalue weighted by molar-refractivity contribution is 8.05. The van der Waals surface area contributed by atoms with Crippen LogP contribution < -0.4 is 0 Å². The molecule has 1 aromatic carbocycles. The third kappa shape index (κ3) is 3.09. The Morgan fingerprint density at radius 3 is 2.68 bits per heavy atom. The van der Waals surface area contributed by atoms with E-state index in [-0.39, 0.29) is 23.1 Å². The number of benzene rings is 1. The number of hydrogen-bond acceptors (Lipinski definition) is 4. The minimum absolute atomic E-state index is 0.0553. The van der Waals surface area contributed by atoms with Gasteiger partial charge in [-0.25, -0.2) is 8.42 Å². The van der Waals surface area contributed by atoms with Crippen LogP contribution in [0, 0.1) is 6.92 Å². The summed E-state index contributed by atoms with van der Waals surface area (Å²) in [5, 5.41) is 3.78. The molecule has 1 aromatic rings. The number of nitrogens with zero attached hydrogens (tertiary/aromatic N) is 1. The van der Waals surface area contributed by atoms with Crippen molar-refractivity contribution in [3.8, 4) is 0 Å². The fourth-order valence-corrected chi connectivity index (χ4v) is 3.56. The Hall–Kier alpha value is -1.07. The van der Waals surface area contributed by atoms with E-state index in [2.05, 4.69) is 5.16 Å². The molecule has 19 heavy (non-hydrogen) atoms. The fourth-order valence-electron chi connectivity index (χ4n) is 1.84. The van der Waals surface area contributed by atoms with Crippen LogP contribution in [0.2, 0.25) is 0 Å². The highest BCUT2D eigenvalue weighted by Crippen LogP contribution is 2.28. The van der Waals surface area contributed by atoms with Gasteiger partial charge < -0.3 is 4.84 Å². The van der Waals surface area contributed by atoms with E-state index in [1.54, 1.807) is 6.92 Å². The molecule has 1 unspecified atom stereocenters. The van der Waals surface area contributed by atoms with Gasteiger partial charge >= 0.3 is 0 Å². The molecule has 4 nitrogen and oxygen atoms in total. The maximum absolute atomic E-state index is 12.3. The van der Waals surface area contributed by atoms with Crippen molar-refractivity contribution < 1.29 is 13.3 Å². The molecule has 1 aliphatic heterocycles. The first-order valence-corrected chi connectivity index (χ1v) is 8.13. The largest absolute Gasteiger partial charge is 0.387 e. The van der Waals surface area contributed by atoms with E-state index in [1.165, 1.54) is 0 Å². The Kier molecular flexibility index (Phi) is 3.87. The van der Waals surface area contributed by atoms with E-state index in [9.17, 15) is 8.42 Å². The van der Waals surface area contributed by atoms with Crippen LogP contribution in [0.25, 0.3) is 0 Å². The second-order valence-corrected chi connectivity index (χ2v) is 7.28. The topological polar surface area (TPSA) is 55.7 Å². The zero-order valence-corrected chi connectivity index (χ0v) is 12.5. The van der Waals surface area contributed by atoms with Gasteiger partial charge in [-0.1, -0.05) is 29.4 Å². The Labute approximate surface area is 118 Å². The standard InChI is InChI=1S/C13H16ClNO3S/c1-10-5-3-4-6-11(10)8-19(16,17)12-7-13(2,9-14)18-15-12/h3-6H,7-9H2,1-2H3. The van der Waals surface area contributed by atoms with Crippen LogP contribution in [-0.4, -0.2) is 24.9 Å². The summed E-state index contributed by atoms with van der Waals surface area (Å²) in [4.78, 5) is 5.13. The summed E-state index contributed by atoms with van der Waals surface area (Å²) in [5.74, 6) is 0.153. The molecule has 0 bridgehead atoms. The Bertz CT molecular complexity index is 612. The van der Waals surface area contributed by atoms with Crippen LogP contribution in [0.15, 0.2) is 29.4 Å². The molecule has 0 N–H and O–H groups in total. The van der Waals surface area contributed by atoms with Gasteiger partial charge in [-0.05, 0) is 25.0 Å². The molecular weight excluding hydrogens is 286 g/mol. The first-order chi connectivity index (χ1) is 8.86.